The summed E-state index contributed by atoms with van der Waals surface area (Å²) in [6, 6.07) is 0.263. The van der Waals surface area contributed by atoms with E-state index in [0.717, 1.165) is 32.5 Å². The van der Waals surface area contributed by atoms with Crippen LogP contribution in [-0.2, 0) is 4.74 Å². The molecular formula is C11H18N2O2. The van der Waals surface area contributed by atoms with Crippen molar-refractivity contribution in [3.05, 3.63) is 11.6 Å². The lowest BCUT2D eigenvalue weighted by Crippen LogP contribution is -2.46. The second-order valence-corrected chi connectivity index (χ2v) is 4.26. The molecule has 1 saturated heterocycles. The van der Waals surface area contributed by atoms with E-state index in [1.165, 1.54) is 5.57 Å². The highest BCUT2D eigenvalue weighted by Crippen LogP contribution is 2.10. The fourth-order valence-corrected chi connectivity index (χ4v) is 1.87. The lowest BCUT2D eigenvalue weighted by Gasteiger charge is -2.26. The first-order chi connectivity index (χ1) is 7.25. The van der Waals surface area contributed by atoms with Gasteiger partial charge in [-0.3, -0.25) is 0 Å². The maximum atomic E-state index is 11.8. The largest absolute Gasteiger partial charge is 0.379 e. The van der Waals surface area contributed by atoms with Crippen LogP contribution in [0.5, 0.6) is 0 Å². The first-order valence-electron chi connectivity index (χ1n) is 5.54. The van der Waals surface area contributed by atoms with Crippen LogP contribution in [0.2, 0.25) is 0 Å². The summed E-state index contributed by atoms with van der Waals surface area (Å²) >= 11 is 0. The van der Waals surface area contributed by atoms with Gasteiger partial charge in [0.05, 0.1) is 12.6 Å². The Morgan fingerprint density at radius 3 is 3.13 bits per heavy atom. The van der Waals surface area contributed by atoms with Gasteiger partial charge in [-0.25, -0.2) is 4.79 Å². The number of urea groups is 1. The molecule has 2 amide bonds. The first kappa shape index (κ1) is 10.5. The van der Waals surface area contributed by atoms with Gasteiger partial charge in [-0.1, -0.05) is 11.6 Å². The van der Waals surface area contributed by atoms with Crippen molar-refractivity contribution in [2.45, 2.75) is 25.8 Å². The smallest absolute Gasteiger partial charge is 0.317 e. The highest BCUT2D eigenvalue weighted by atomic mass is 16.5. The Kier molecular flexibility index (Phi) is 3.26. The topological polar surface area (TPSA) is 41.6 Å². The van der Waals surface area contributed by atoms with Crippen molar-refractivity contribution < 1.29 is 9.53 Å². The van der Waals surface area contributed by atoms with Crippen molar-refractivity contribution in [3.8, 4) is 0 Å². The Hall–Kier alpha value is -1.03. The zero-order valence-corrected chi connectivity index (χ0v) is 9.16. The molecule has 0 spiro atoms. The van der Waals surface area contributed by atoms with E-state index in [9.17, 15) is 4.79 Å². The Labute approximate surface area is 90.3 Å². The van der Waals surface area contributed by atoms with Gasteiger partial charge >= 0.3 is 6.03 Å². The number of ether oxygens (including phenoxy) is 1. The third-order valence-electron chi connectivity index (χ3n) is 2.98. The summed E-state index contributed by atoms with van der Waals surface area (Å²) < 4.78 is 5.22. The molecule has 2 aliphatic heterocycles. The maximum Gasteiger partial charge on any atom is 0.317 e. The third kappa shape index (κ3) is 2.72. The van der Waals surface area contributed by atoms with Gasteiger partial charge in [-0.2, -0.15) is 0 Å². The Bertz CT molecular complexity index is 270. The molecule has 1 fully saturated rings. The molecule has 2 heterocycles. The van der Waals surface area contributed by atoms with Crippen LogP contribution in [0.4, 0.5) is 4.79 Å². The lowest BCUT2D eigenvalue weighted by atomic mass is 10.1. The molecule has 4 heteroatoms. The van der Waals surface area contributed by atoms with E-state index < -0.39 is 0 Å². The minimum Gasteiger partial charge on any atom is -0.379 e. The van der Waals surface area contributed by atoms with Crippen LogP contribution in [0.15, 0.2) is 11.6 Å². The van der Waals surface area contributed by atoms with Crippen LogP contribution < -0.4 is 5.32 Å². The maximum absolute atomic E-state index is 11.8. The van der Waals surface area contributed by atoms with Crippen molar-refractivity contribution in [1.29, 1.82) is 0 Å². The van der Waals surface area contributed by atoms with Gasteiger partial charge in [0.15, 0.2) is 0 Å². The quantitative estimate of drug-likeness (QED) is 0.659. The molecular weight excluding hydrogens is 192 g/mol. The van der Waals surface area contributed by atoms with Gasteiger partial charge < -0.3 is 15.0 Å². The van der Waals surface area contributed by atoms with Crippen molar-refractivity contribution >= 4 is 6.03 Å². The minimum atomic E-state index is 0.0502. The summed E-state index contributed by atoms with van der Waals surface area (Å²) in [5.74, 6) is 0. The summed E-state index contributed by atoms with van der Waals surface area (Å²) in [6.45, 7) is 5.12. The summed E-state index contributed by atoms with van der Waals surface area (Å²) in [7, 11) is 0. The van der Waals surface area contributed by atoms with E-state index in [4.69, 9.17) is 4.74 Å². The van der Waals surface area contributed by atoms with Crippen LogP contribution >= 0.6 is 0 Å². The number of nitrogens with zero attached hydrogens (tertiary/aromatic N) is 1. The molecule has 15 heavy (non-hydrogen) atoms. The van der Waals surface area contributed by atoms with Gasteiger partial charge in [0, 0.05) is 19.7 Å². The number of rotatable bonds is 1. The van der Waals surface area contributed by atoms with E-state index in [0.29, 0.717) is 6.61 Å². The van der Waals surface area contributed by atoms with Gasteiger partial charge in [-0.05, 0) is 19.8 Å². The van der Waals surface area contributed by atoms with Crippen molar-refractivity contribution in [2.24, 2.45) is 0 Å². The SMILES string of the molecule is CC1=CCN(C(=O)NC2CCOC2)CC1. The normalized spacial score (nSPS) is 26.3. The Morgan fingerprint density at radius 2 is 2.53 bits per heavy atom. The van der Waals surface area contributed by atoms with Crippen LogP contribution in [-0.4, -0.2) is 43.3 Å². The number of amides is 2. The van der Waals surface area contributed by atoms with Gasteiger partial charge in [0.2, 0.25) is 0 Å². The zero-order chi connectivity index (χ0) is 10.7. The molecule has 1 N–H and O–H groups in total. The molecule has 4 nitrogen and oxygen atoms in total. The Morgan fingerprint density at radius 1 is 1.67 bits per heavy atom. The predicted octanol–water partition coefficient (Wildman–Crippen LogP) is 1.14. The molecule has 1 atom stereocenters. The lowest BCUT2D eigenvalue weighted by molar-refractivity contribution is 0.179. The molecule has 0 aromatic rings. The van der Waals surface area contributed by atoms with Crippen LogP contribution in [0, 0.1) is 0 Å². The van der Waals surface area contributed by atoms with Crippen molar-refractivity contribution in [2.75, 3.05) is 26.3 Å². The highest BCUT2D eigenvalue weighted by Gasteiger charge is 2.21. The third-order valence-corrected chi connectivity index (χ3v) is 2.98. The summed E-state index contributed by atoms with van der Waals surface area (Å²) in [6.07, 6.45) is 4.05. The fraction of sp³-hybridized carbons (Fsp3) is 0.727. The van der Waals surface area contributed by atoms with E-state index in [1.807, 2.05) is 4.90 Å². The van der Waals surface area contributed by atoms with Crippen LogP contribution in [0.1, 0.15) is 19.8 Å². The highest BCUT2D eigenvalue weighted by molar-refractivity contribution is 5.75. The molecule has 84 valence electrons. The number of carbonyl (C=O) groups is 1. The monoisotopic (exact) mass is 210 g/mol. The molecule has 0 aliphatic carbocycles. The van der Waals surface area contributed by atoms with Crippen molar-refractivity contribution in [3.63, 3.8) is 0 Å². The summed E-state index contributed by atoms with van der Waals surface area (Å²) in [5, 5.41) is 3.00. The van der Waals surface area contributed by atoms with Crippen LogP contribution in [0.25, 0.3) is 0 Å². The average molecular weight is 210 g/mol. The van der Waals surface area contributed by atoms with E-state index in [2.05, 4.69) is 18.3 Å². The van der Waals surface area contributed by atoms with E-state index >= 15 is 0 Å². The molecule has 0 aromatic heterocycles. The second kappa shape index (κ2) is 4.66. The molecule has 0 bridgehead atoms. The molecule has 2 aliphatic rings. The van der Waals surface area contributed by atoms with E-state index in [1.54, 1.807) is 0 Å². The summed E-state index contributed by atoms with van der Waals surface area (Å²) in [4.78, 5) is 13.6. The predicted molar refractivity (Wildman–Crippen MR) is 57.7 cm³/mol. The first-order valence-corrected chi connectivity index (χ1v) is 5.54. The fourth-order valence-electron chi connectivity index (χ4n) is 1.87. The molecule has 1 unspecified atom stereocenters. The zero-order valence-electron chi connectivity index (χ0n) is 9.16. The van der Waals surface area contributed by atoms with Gasteiger partial charge in [-0.15, -0.1) is 0 Å². The molecule has 0 radical (unpaired) electrons. The molecule has 0 aromatic carbocycles. The van der Waals surface area contributed by atoms with Gasteiger partial charge in [0.25, 0.3) is 0 Å². The molecule has 0 saturated carbocycles. The molecule has 2 rings (SSSR count). The average Bonchev–Trinajstić information content (AvgIpc) is 2.71. The Balaban J connectivity index is 1.80. The number of hydrogen-bond acceptors (Lipinski definition) is 2. The standard InChI is InChI=1S/C11H18N2O2/c1-9-2-5-13(6-3-9)11(14)12-10-4-7-15-8-10/h2,10H,3-8H2,1H3,(H,12,14). The number of carbonyl (C=O) groups excluding carboxylic acids is 1. The summed E-state index contributed by atoms with van der Waals surface area (Å²) in [5.41, 5.74) is 1.38. The van der Waals surface area contributed by atoms with Gasteiger partial charge in [0.1, 0.15) is 0 Å². The van der Waals surface area contributed by atoms with Crippen LogP contribution in [0.3, 0.4) is 0 Å². The second-order valence-electron chi connectivity index (χ2n) is 4.26. The minimum absolute atomic E-state index is 0.0502. The van der Waals surface area contributed by atoms with E-state index in [-0.39, 0.29) is 12.1 Å². The number of hydrogen-bond donors (Lipinski definition) is 1. The van der Waals surface area contributed by atoms with Crippen molar-refractivity contribution in [1.82, 2.24) is 10.2 Å². The number of nitrogens with one attached hydrogen (secondary N) is 1.